The fourth-order valence-electron chi connectivity index (χ4n) is 1.04. The minimum Gasteiger partial charge on any atom is -0.403 e. The highest BCUT2D eigenvalue weighted by atomic mass is 19.1. The number of hydrogen-bond donors (Lipinski definition) is 1. The number of hydrogen-bond acceptors (Lipinski definition) is 4. The highest BCUT2D eigenvalue weighted by Gasteiger charge is 2.16. The van der Waals surface area contributed by atoms with E-state index < -0.39 is 11.6 Å². The minimum absolute atomic E-state index is 0.234. The Balaban J connectivity index is 2.61. The molecule has 0 spiro atoms. The summed E-state index contributed by atoms with van der Waals surface area (Å²) in [5.74, 6) is -1.81. The summed E-state index contributed by atoms with van der Waals surface area (Å²) in [4.78, 5) is 0. The van der Waals surface area contributed by atoms with E-state index in [0.29, 0.717) is 0 Å². The van der Waals surface area contributed by atoms with Gasteiger partial charge in [0.15, 0.2) is 0 Å². The lowest BCUT2D eigenvalue weighted by Crippen LogP contribution is -1.89. The van der Waals surface area contributed by atoms with Crippen molar-refractivity contribution in [2.24, 2.45) is 0 Å². The SMILES string of the molecule is Nc1nnc(-c2c(F)cccc2F)o1. The molecule has 14 heavy (non-hydrogen) atoms. The lowest BCUT2D eigenvalue weighted by Gasteiger charge is -1.97. The van der Waals surface area contributed by atoms with Crippen LogP contribution in [0.5, 0.6) is 0 Å². The first-order valence-corrected chi connectivity index (χ1v) is 3.72. The first-order chi connectivity index (χ1) is 6.68. The van der Waals surface area contributed by atoms with Gasteiger partial charge in [0.25, 0.3) is 5.89 Å². The summed E-state index contributed by atoms with van der Waals surface area (Å²) in [5.41, 5.74) is 4.77. The highest BCUT2D eigenvalue weighted by molar-refractivity contribution is 5.54. The average Bonchev–Trinajstić information content (AvgIpc) is 2.51. The molecule has 72 valence electrons. The Morgan fingerprint density at radius 2 is 1.79 bits per heavy atom. The number of aromatic nitrogens is 2. The van der Waals surface area contributed by atoms with Gasteiger partial charge in [-0.1, -0.05) is 11.2 Å². The predicted molar refractivity (Wildman–Crippen MR) is 44.1 cm³/mol. The molecule has 0 saturated carbocycles. The van der Waals surface area contributed by atoms with E-state index in [1.54, 1.807) is 0 Å². The molecular formula is C8H5F2N3O. The maximum atomic E-state index is 13.1. The van der Waals surface area contributed by atoms with Crippen LogP contribution in [0.3, 0.4) is 0 Å². The average molecular weight is 197 g/mol. The van der Waals surface area contributed by atoms with Crippen LogP contribution in [0.25, 0.3) is 11.5 Å². The molecule has 0 saturated heterocycles. The molecule has 0 aliphatic rings. The Hall–Kier alpha value is -1.98. The Morgan fingerprint density at radius 3 is 2.29 bits per heavy atom. The van der Waals surface area contributed by atoms with E-state index in [1.807, 2.05) is 0 Å². The fourth-order valence-corrected chi connectivity index (χ4v) is 1.04. The Bertz CT molecular complexity index is 449. The zero-order valence-electron chi connectivity index (χ0n) is 6.87. The molecule has 0 bridgehead atoms. The number of anilines is 1. The minimum atomic E-state index is -0.770. The van der Waals surface area contributed by atoms with Gasteiger partial charge in [-0.15, -0.1) is 5.10 Å². The van der Waals surface area contributed by atoms with Crippen molar-refractivity contribution in [3.05, 3.63) is 29.8 Å². The fraction of sp³-hybridized carbons (Fsp3) is 0. The van der Waals surface area contributed by atoms with Crippen molar-refractivity contribution in [2.45, 2.75) is 0 Å². The molecule has 1 heterocycles. The molecule has 0 radical (unpaired) electrons. The molecule has 0 atom stereocenters. The molecule has 2 rings (SSSR count). The van der Waals surface area contributed by atoms with Crippen molar-refractivity contribution in [2.75, 3.05) is 5.73 Å². The van der Waals surface area contributed by atoms with Crippen molar-refractivity contribution in [3.8, 4) is 11.5 Å². The van der Waals surface area contributed by atoms with Crippen LogP contribution in [-0.2, 0) is 0 Å². The van der Waals surface area contributed by atoms with E-state index in [-0.39, 0.29) is 17.5 Å². The molecule has 0 amide bonds. The number of nitrogens with zero attached hydrogens (tertiary/aromatic N) is 2. The van der Waals surface area contributed by atoms with Gasteiger partial charge >= 0.3 is 6.01 Å². The third kappa shape index (κ3) is 1.30. The van der Waals surface area contributed by atoms with E-state index in [0.717, 1.165) is 12.1 Å². The third-order valence-corrected chi connectivity index (χ3v) is 1.62. The van der Waals surface area contributed by atoms with Crippen LogP contribution in [0.15, 0.2) is 22.6 Å². The summed E-state index contributed by atoms with van der Waals surface area (Å²) >= 11 is 0. The maximum Gasteiger partial charge on any atom is 0.313 e. The number of nitrogen functional groups attached to an aromatic ring is 1. The monoisotopic (exact) mass is 197 g/mol. The van der Waals surface area contributed by atoms with Crippen LogP contribution in [0, 0.1) is 11.6 Å². The van der Waals surface area contributed by atoms with Crippen molar-refractivity contribution < 1.29 is 13.2 Å². The van der Waals surface area contributed by atoms with Gasteiger partial charge in [-0.25, -0.2) is 8.78 Å². The summed E-state index contributed by atoms with van der Waals surface area (Å²) in [5, 5.41) is 6.69. The van der Waals surface area contributed by atoms with Crippen LogP contribution in [0.1, 0.15) is 0 Å². The number of halogens is 2. The molecule has 1 aromatic heterocycles. The second-order valence-electron chi connectivity index (χ2n) is 2.54. The van der Waals surface area contributed by atoms with Gasteiger partial charge < -0.3 is 10.2 Å². The Labute approximate surface area is 77.4 Å². The van der Waals surface area contributed by atoms with Crippen molar-refractivity contribution in [1.29, 1.82) is 0 Å². The zero-order chi connectivity index (χ0) is 10.1. The highest BCUT2D eigenvalue weighted by Crippen LogP contribution is 2.24. The van der Waals surface area contributed by atoms with Gasteiger partial charge in [-0.05, 0) is 12.1 Å². The second kappa shape index (κ2) is 3.06. The second-order valence-corrected chi connectivity index (χ2v) is 2.54. The maximum absolute atomic E-state index is 13.1. The number of rotatable bonds is 1. The summed E-state index contributed by atoms with van der Waals surface area (Å²) in [7, 11) is 0. The summed E-state index contributed by atoms with van der Waals surface area (Å²) < 4.78 is 31.0. The molecule has 0 unspecified atom stereocenters. The van der Waals surface area contributed by atoms with Gasteiger partial charge in [0.2, 0.25) is 0 Å². The van der Waals surface area contributed by atoms with E-state index in [1.165, 1.54) is 6.07 Å². The molecule has 4 nitrogen and oxygen atoms in total. The smallest absolute Gasteiger partial charge is 0.313 e. The zero-order valence-corrected chi connectivity index (χ0v) is 6.87. The Kier molecular flexibility index (Phi) is 1.88. The van der Waals surface area contributed by atoms with Gasteiger partial charge in [0.1, 0.15) is 17.2 Å². The quantitative estimate of drug-likeness (QED) is 0.753. The number of benzene rings is 1. The molecular weight excluding hydrogens is 192 g/mol. The van der Waals surface area contributed by atoms with Crippen LogP contribution < -0.4 is 5.73 Å². The molecule has 2 N–H and O–H groups in total. The van der Waals surface area contributed by atoms with Crippen LogP contribution >= 0.6 is 0 Å². The largest absolute Gasteiger partial charge is 0.403 e. The van der Waals surface area contributed by atoms with Gasteiger partial charge in [-0.3, -0.25) is 0 Å². The summed E-state index contributed by atoms with van der Waals surface area (Å²) in [6.07, 6.45) is 0. The standard InChI is InChI=1S/C8H5F2N3O/c9-4-2-1-3-5(10)6(4)7-12-13-8(11)14-7/h1-3H,(H2,11,13). The lowest BCUT2D eigenvalue weighted by molar-refractivity contribution is 0.551. The summed E-state index contributed by atoms with van der Waals surface area (Å²) in [6, 6.07) is 3.20. The normalized spacial score (nSPS) is 10.4. The molecule has 0 aliphatic carbocycles. The number of nitrogens with two attached hydrogens (primary N) is 1. The van der Waals surface area contributed by atoms with Gasteiger partial charge in [0.05, 0.1) is 0 Å². The molecule has 0 aliphatic heterocycles. The van der Waals surface area contributed by atoms with E-state index in [4.69, 9.17) is 10.2 Å². The van der Waals surface area contributed by atoms with Gasteiger partial charge in [0, 0.05) is 0 Å². The third-order valence-electron chi connectivity index (χ3n) is 1.62. The van der Waals surface area contributed by atoms with E-state index >= 15 is 0 Å². The topological polar surface area (TPSA) is 64.9 Å². The van der Waals surface area contributed by atoms with Crippen molar-refractivity contribution >= 4 is 6.01 Å². The van der Waals surface area contributed by atoms with E-state index in [2.05, 4.69) is 10.2 Å². The summed E-state index contributed by atoms with van der Waals surface area (Å²) in [6.45, 7) is 0. The van der Waals surface area contributed by atoms with E-state index in [9.17, 15) is 8.78 Å². The van der Waals surface area contributed by atoms with Crippen LogP contribution in [0.2, 0.25) is 0 Å². The van der Waals surface area contributed by atoms with Gasteiger partial charge in [-0.2, -0.15) is 0 Å². The molecule has 6 heteroatoms. The van der Waals surface area contributed by atoms with Crippen molar-refractivity contribution in [1.82, 2.24) is 10.2 Å². The van der Waals surface area contributed by atoms with Crippen molar-refractivity contribution in [3.63, 3.8) is 0 Å². The first-order valence-electron chi connectivity index (χ1n) is 3.72. The lowest BCUT2D eigenvalue weighted by atomic mass is 10.2. The molecule has 0 fully saturated rings. The Morgan fingerprint density at radius 1 is 1.14 bits per heavy atom. The first kappa shape index (κ1) is 8.61. The van der Waals surface area contributed by atoms with Crippen LogP contribution in [0.4, 0.5) is 14.8 Å². The predicted octanol–water partition coefficient (Wildman–Crippen LogP) is 1.60. The molecule has 2 aromatic rings. The van der Waals surface area contributed by atoms with Crippen LogP contribution in [-0.4, -0.2) is 10.2 Å². The molecule has 1 aromatic carbocycles.